The van der Waals surface area contributed by atoms with E-state index in [1.807, 2.05) is 13.8 Å². The van der Waals surface area contributed by atoms with Gasteiger partial charge < -0.3 is 9.72 Å². The van der Waals surface area contributed by atoms with Gasteiger partial charge in [-0.2, -0.15) is 0 Å². The molecule has 1 rings (SSSR count). The molecule has 102 valence electrons. The SMILES string of the molecule is CC(C)OCCCNS(=O)(=O)c1c[nH]ccc1=O. The number of pyridine rings is 1. The lowest BCUT2D eigenvalue weighted by molar-refractivity contribution is 0.0778. The summed E-state index contributed by atoms with van der Waals surface area (Å²) in [6.45, 7) is 4.54. The summed E-state index contributed by atoms with van der Waals surface area (Å²) in [6.07, 6.45) is 3.24. The fourth-order valence-electron chi connectivity index (χ4n) is 1.29. The summed E-state index contributed by atoms with van der Waals surface area (Å²) < 4.78 is 31.2. The Kier molecular flexibility index (Phi) is 5.52. The van der Waals surface area contributed by atoms with E-state index in [9.17, 15) is 13.2 Å². The first-order valence-corrected chi connectivity index (χ1v) is 7.20. The molecule has 1 aromatic heterocycles. The lowest BCUT2D eigenvalue weighted by Crippen LogP contribution is -2.29. The molecule has 0 spiro atoms. The first kappa shape index (κ1) is 14.9. The van der Waals surface area contributed by atoms with Gasteiger partial charge in [0.25, 0.3) is 0 Å². The lowest BCUT2D eigenvalue weighted by atomic mass is 10.4. The number of nitrogens with one attached hydrogen (secondary N) is 2. The fourth-order valence-corrected chi connectivity index (χ4v) is 2.41. The number of aromatic nitrogens is 1. The molecule has 0 amide bonds. The molecule has 0 aliphatic carbocycles. The molecule has 0 atom stereocenters. The third-order valence-corrected chi connectivity index (χ3v) is 3.62. The number of sulfonamides is 1. The molecule has 18 heavy (non-hydrogen) atoms. The van der Waals surface area contributed by atoms with Gasteiger partial charge in [0, 0.05) is 31.6 Å². The molecular formula is C11H18N2O4S. The molecule has 7 heteroatoms. The van der Waals surface area contributed by atoms with Gasteiger partial charge in [-0.25, -0.2) is 13.1 Å². The van der Waals surface area contributed by atoms with Crippen LogP contribution in [0, 0.1) is 0 Å². The molecule has 0 saturated heterocycles. The zero-order valence-electron chi connectivity index (χ0n) is 10.5. The smallest absolute Gasteiger partial charge is 0.245 e. The van der Waals surface area contributed by atoms with Gasteiger partial charge in [-0.3, -0.25) is 4.79 Å². The van der Waals surface area contributed by atoms with Gasteiger partial charge in [0.1, 0.15) is 4.90 Å². The minimum atomic E-state index is -3.74. The van der Waals surface area contributed by atoms with Crippen molar-refractivity contribution in [3.8, 4) is 0 Å². The summed E-state index contributed by atoms with van der Waals surface area (Å²) in [4.78, 5) is 13.7. The zero-order chi connectivity index (χ0) is 13.6. The Hall–Kier alpha value is -1.18. The van der Waals surface area contributed by atoms with Gasteiger partial charge in [0.2, 0.25) is 15.5 Å². The number of H-pyrrole nitrogens is 1. The predicted molar refractivity (Wildman–Crippen MR) is 68.0 cm³/mol. The van der Waals surface area contributed by atoms with E-state index in [2.05, 4.69) is 9.71 Å². The van der Waals surface area contributed by atoms with Crippen LogP contribution in [0.2, 0.25) is 0 Å². The molecule has 0 unspecified atom stereocenters. The average Bonchev–Trinajstić information content (AvgIpc) is 2.28. The van der Waals surface area contributed by atoms with Crippen molar-refractivity contribution in [2.75, 3.05) is 13.2 Å². The number of hydrogen-bond donors (Lipinski definition) is 2. The summed E-state index contributed by atoms with van der Waals surface area (Å²) in [5.74, 6) is 0. The van der Waals surface area contributed by atoms with Gasteiger partial charge in [0.15, 0.2) is 0 Å². The van der Waals surface area contributed by atoms with Gasteiger partial charge in [0.05, 0.1) is 6.10 Å². The van der Waals surface area contributed by atoms with E-state index in [4.69, 9.17) is 4.74 Å². The third-order valence-electron chi connectivity index (χ3n) is 2.14. The number of aromatic amines is 1. The molecule has 0 aromatic carbocycles. The van der Waals surface area contributed by atoms with Gasteiger partial charge >= 0.3 is 0 Å². The Morgan fingerprint density at radius 2 is 2.17 bits per heavy atom. The minimum Gasteiger partial charge on any atom is -0.379 e. The summed E-state index contributed by atoms with van der Waals surface area (Å²) in [5, 5.41) is 0. The maximum absolute atomic E-state index is 11.8. The Morgan fingerprint density at radius 1 is 1.44 bits per heavy atom. The summed E-state index contributed by atoms with van der Waals surface area (Å²) in [6, 6.07) is 1.18. The predicted octanol–water partition coefficient (Wildman–Crippen LogP) is 0.468. The van der Waals surface area contributed by atoms with Crippen molar-refractivity contribution in [3.63, 3.8) is 0 Å². The Labute approximate surface area is 106 Å². The van der Waals surface area contributed by atoms with Crippen LogP contribution < -0.4 is 10.2 Å². The average molecular weight is 274 g/mol. The van der Waals surface area contributed by atoms with E-state index >= 15 is 0 Å². The molecule has 0 saturated carbocycles. The van der Waals surface area contributed by atoms with Gasteiger partial charge in [-0.1, -0.05) is 0 Å². The largest absolute Gasteiger partial charge is 0.379 e. The van der Waals surface area contributed by atoms with Crippen molar-refractivity contribution < 1.29 is 13.2 Å². The highest BCUT2D eigenvalue weighted by Crippen LogP contribution is 1.99. The maximum atomic E-state index is 11.8. The first-order valence-electron chi connectivity index (χ1n) is 5.72. The van der Waals surface area contributed by atoms with Crippen molar-refractivity contribution in [2.45, 2.75) is 31.3 Å². The van der Waals surface area contributed by atoms with Crippen molar-refractivity contribution in [3.05, 3.63) is 28.7 Å². The molecule has 6 nitrogen and oxygen atoms in total. The van der Waals surface area contributed by atoms with Crippen LogP contribution in [-0.2, 0) is 14.8 Å². The van der Waals surface area contributed by atoms with E-state index in [1.165, 1.54) is 18.5 Å². The number of ether oxygens (including phenoxy) is 1. The summed E-state index contributed by atoms with van der Waals surface area (Å²) >= 11 is 0. The van der Waals surface area contributed by atoms with E-state index in [0.717, 1.165) is 0 Å². The highest BCUT2D eigenvalue weighted by molar-refractivity contribution is 7.89. The van der Waals surface area contributed by atoms with Gasteiger partial charge in [-0.15, -0.1) is 0 Å². The second-order valence-electron chi connectivity index (χ2n) is 4.04. The van der Waals surface area contributed by atoms with E-state index in [0.29, 0.717) is 13.0 Å². The van der Waals surface area contributed by atoms with Crippen molar-refractivity contribution in [2.24, 2.45) is 0 Å². The van der Waals surface area contributed by atoms with Crippen molar-refractivity contribution in [1.82, 2.24) is 9.71 Å². The number of rotatable bonds is 7. The van der Waals surface area contributed by atoms with Gasteiger partial charge in [-0.05, 0) is 20.3 Å². The second-order valence-corrected chi connectivity index (χ2v) is 5.78. The van der Waals surface area contributed by atoms with Crippen molar-refractivity contribution in [1.29, 1.82) is 0 Å². The molecule has 0 bridgehead atoms. The zero-order valence-corrected chi connectivity index (χ0v) is 11.3. The van der Waals surface area contributed by atoms with E-state index in [-0.39, 0.29) is 17.5 Å². The van der Waals surface area contributed by atoms with Crippen LogP contribution in [-0.4, -0.2) is 32.7 Å². The fraction of sp³-hybridized carbons (Fsp3) is 0.545. The van der Waals surface area contributed by atoms with Crippen molar-refractivity contribution >= 4 is 10.0 Å². The standard InChI is InChI=1S/C11H18N2O4S/c1-9(2)17-7-3-5-13-18(15,16)11-8-12-6-4-10(11)14/h4,6,8-9,13H,3,5,7H2,1-2H3,(H,12,14). The van der Waals surface area contributed by atoms with Crippen LogP contribution in [0.15, 0.2) is 28.2 Å². The van der Waals surface area contributed by atoms with Crippen LogP contribution in [0.5, 0.6) is 0 Å². The molecular weight excluding hydrogens is 256 g/mol. The normalized spacial score (nSPS) is 11.9. The minimum absolute atomic E-state index is 0.124. The van der Waals surface area contributed by atoms with Crippen LogP contribution in [0.1, 0.15) is 20.3 Å². The third kappa shape index (κ3) is 4.59. The molecule has 0 aliphatic heterocycles. The highest BCUT2D eigenvalue weighted by Gasteiger charge is 2.16. The highest BCUT2D eigenvalue weighted by atomic mass is 32.2. The molecule has 0 fully saturated rings. The number of hydrogen-bond acceptors (Lipinski definition) is 4. The molecule has 1 aromatic rings. The molecule has 2 N–H and O–H groups in total. The lowest BCUT2D eigenvalue weighted by Gasteiger charge is -2.08. The van der Waals surface area contributed by atoms with E-state index < -0.39 is 15.5 Å². The topological polar surface area (TPSA) is 88.3 Å². The Bertz CT molecular complexity index is 522. The second kappa shape index (κ2) is 6.67. The quantitative estimate of drug-likeness (QED) is 0.707. The first-order chi connectivity index (χ1) is 8.43. The van der Waals surface area contributed by atoms with Crippen LogP contribution in [0.4, 0.5) is 0 Å². The molecule has 0 aliphatic rings. The Morgan fingerprint density at radius 3 is 2.78 bits per heavy atom. The van der Waals surface area contributed by atoms with Crippen LogP contribution >= 0.6 is 0 Å². The van der Waals surface area contributed by atoms with Crippen LogP contribution in [0.25, 0.3) is 0 Å². The molecule has 0 radical (unpaired) electrons. The summed E-state index contributed by atoms with van der Waals surface area (Å²) in [5.41, 5.74) is -0.528. The maximum Gasteiger partial charge on any atom is 0.245 e. The van der Waals surface area contributed by atoms with Crippen LogP contribution in [0.3, 0.4) is 0 Å². The Balaban J connectivity index is 2.51. The van der Waals surface area contributed by atoms with E-state index in [1.54, 1.807) is 0 Å². The summed E-state index contributed by atoms with van der Waals surface area (Å²) in [7, 11) is -3.74. The molecule has 1 heterocycles. The monoisotopic (exact) mass is 274 g/mol.